The lowest BCUT2D eigenvalue weighted by atomic mass is 10.0. The number of aromatic nitrogens is 2. The first-order valence-electron chi connectivity index (χ1n) is 11.0. The van der Waals surface area contributed by atoms with Gasteiger partial charge in [0.05, 0.1) is 28.8 Å². The molecule has 2 aliphatic rings. The normalized spacial score (nSPS) is 18.9. The number of ketones is 1. The molecule has 0 bridgehead atoms. The maximum absolute atomic E-state index is 13.3. The minimum atomic E-state index is -0.344. The number of Topliss-reactive ketones (excluding diaryl/α,β-unsaturated/α-hetero) is 1. The molecule has 0 saturated carbocycles. The van der Waals surface area contributed by atoms with Gasteiger partial charge < -0.3 is 4.74 Å². The van der Waals surface area contributed by atoms with Gasteiger partial charge in [0, 0.05) is 12.2 Å². The molecular weight excluding hydrogens is 408 g/mol. The number of para-hydroxylation sites is 1. The molecule has 1 fully saturated rings. The minimum absolute atomic E-state index is 0.0164. The molecule has 3 aromatic rings. The fourth-order valence-electron chi connectivity index (χ4n) is 4.56. The van der Waals surface area contributed by atoms with E-state index in [9.17, 15) is 9.59 Å². The maximum atomic E-state index is 13.3. The Kier molecular flexibility index (Phi) is 5.67. The summed E-state index contributed by atoms with van der Waals surface area (Å²) in [5.74, 6) is 0.0748. The Morgan fingerprint density at radius 3 is 2.87 bits per heavy atom. The van der Waals surface area contributed by atoms with Crippen molar-refractivity contribution in [1.82, 2.24) is 9.55 Å². The molecular formula is C25H26N2O3S. The summed E-state index contributed by atoms with van der Waals surface area (Å²) >= 11 is 1.37. The number of nitrogens with zero attached hydrogens (tertiary/aromatic N) is 2. The minimum Gasteiger partial charge on any atom is -0.376 e. The maximum Gasteiger partial charge on any atom is 0.262 e. The number of thioether (sulfide) groups is 1. The third-order valence-electron chi connectivity index (χ3n) is 6.27. The van der Waals surface area contributed by atoms with Crippen LogP contribution in [0.1, 0.15) is 47.7 Å². The van der Waals surface area contributed by atoms with E-state index in [1.165, 1.54) is 22.9 Å². The van der Waals surface area contributed by atoms with E-state index in [-0.39, 0.29) is 22.7 Å². The van der Waals surface area contributed by atoms with Gasteiger partial charge in [-0.3, -0.25) is 14.2 Å². The lowest BCUT2D eigenvalue weighted by molar-refractivity contribution is 0.0937. The van der Waals surface area contributed by atoms with Crippen molar-refractivity contribution < 1.29 is 9.53 Å². The van der Waals surface area contributed by atoms with Crippen molar-refractivity contribution in [2.45, 2.75) is 62.1 Å². The van der Waals surface area contributed by atoms with Crippen LogP contribution >= 0.6 is 11.8 Å². The lowest BCUT2D eigenvalue weighted by Gasteiger charge is -2.18. The van der Waals surface area contributed by atoms with Gasteiger partial charge in [-0.05, 0) is 68.4 Å². The van der Waals surface area contributed by atoms with Crippen molar-refractivity contribution in [3.8, 4) is 0 Å². The number of hydrogen-bond acceptors (Lipinski definition) is 5. The number of carbonyl (C=O) groups excluding carboxylic acids is 1. The van der Waals surface area contributed by atoms with Crippen LogP contribution in [-0.4, -0.2) is 33.3 Å². The third-order valence-corrected chi connectivity index (χ3v) is 7.36. The number of aryl methyl sites for hydroxylation is 2. The average molecular weight is 435 g/mol. The van der Waals surface area contributed by atoms with E-state index in [1.54, 1.807) is 4.57 Å². The molecule has 31 heavy (non-hydrogen) atoms. The highest BCUT2D eigenvalue weighted by atomic mass is 32.2. The number of rotatable bonds is 6. The van der Waals surface area contributed by atoms with Crippen LogP contribution in [-0.2, 0) is 24.1 Å². The number of ether oxygens (including phenoxy) is 1. The number of hydrogen-bond donors (Lipinski definition) is 0. The molecule has 1 aliphatic heterocycles. The summed E-state index contributed by atoms with van der Waals surface area (Å²) in [5, 5.41) is 0.840. The van der Waals surface area contributed by atoms with Crippen LogP contribution in [0.3, 0.4) is 0 Å². The quantitative estimate of drug-likeness (QED) is 0.326. The Hall–Kier alpha value is -2.44. The van der Waals surface area contributed by atoms with Crippen molar-refractivity contribution in [2.24, 2.45) is 0 Å². The first-order chi connectivity index (χ1) is 15.1. The zero-order valence-corrected chi connectivity index (χ0v) is 18.5. The summed E-state index contributed by atoms with van der Waals surface area (Å²) in [7, 11) is 0. The van der Waals surface area contributed by atoms with E-state index in [2.05, 4.69) is 12.1 Å². The molecule has 6 heteroatoms. The van der Waals surface area contributed by atoms with E-state index in [0.717, 1.165) is 44.3 Å². The van der Waals surface area contributed by atoms with E-state index in [1.807, 2.05) is 37.3 Å². The van der Waals surface area contributed by atoms with Gasteiger partial charge >= 0.3 is 0 Å². The molecule has 1 saturated heterocycles. The van der Waals surface area contributed by atoms with Gasteiger partial charge in [0.25, 0.3) is 5.56 Å². The fraction of sp³-hybridized carbons (Fsp3) is 0.400. The van der Waals surface area contributed by atoms with Gasteiger partial charge in [0.2, 0.25) is 0 Å². The van der Waals surface area contributed by atoms with Gasteiger partial charge in [0.1, 0.15) is 0 Å². The fourth-order valence-corrected chi connectivity index (χ4v) is 5.56. The SMILES string of the molecule is C[C@@H](Sc1nc2ccccc2c(=O)n1C[C@H]1CCCO1)C(=O)c1ccc2c(c1)CCC2. The van der Waals surface area contributed by atoms with E-state index in [4.69, 9.17) is 9.72 Å². The first-order valence-corrected chi connectivity index (χ1v) is 11.9. The molecule has 0 amide bonds. The second kappa shape index (κ2) is 8.60. The van der Waals surface area contributed by atoms with Gasteiger partial charge in [-0.25, -0.2) is 4.98 Å². The summed E-state index contributed by atoms with van der Waals surface area (Å²) in [4.78, 5) is 31.2. The molecule has 1 aliphatic carbocycles. The Morgan fingerprint density at radius 1 is 1.19 bits per heavy atom. The van der Waals surface area contributed by atoms with Gasteiger partial charge in [0.15, 0.2) is 10.9 Å². The molecule has 2 heterocycles. The van der Waals surface area contributed by atoms with Gasteiger partial charge in [-0.1, -0.05) is 36.0 Å². The molecule has 5 rings (SSSR count). The highest BCUT2D eigenvalue weighted by molar-refractivity contribution is 8.00. The van der Waals surface area contributed by atoms with Crippen LogP contribution in [0.25, 0.3) is 10.9 Å². The van der Waals surface area contributed by atoms with Crippen molar-refractivity contribution in [3.63, 3.8) is 0 Å². The van der Waals surface area contributed by atoms with Crippen molar-refractivity contribution in [2.75, 3.05) is 6.61 Å². The predicted molar refractivity (Wildman–Crippen MR) is 123 cm³/mol. The van der Waals surface area contributed by atoms with Crippen LogP contribution < -0.4 is 5.56 Å². The second-order valence-corrected chi connectivity index (χ2v) is 9.73. The molecule has 2 atom stereocenters. The highest BCUT2D eigenvalue weighted by Crippen LogP contribution is 2.28. The molecule has 0 radical (unpaired) electrons. The van der Waals surface area contributed by atoms with E-state index < -0.39 is 0 Å². The van der Waals surface area contributed by atoms with Crippen LogP contribution in [0, 0.1) is 0 Å². The monoisotopic (exact) mass is 434 g/mol. The Morgan fingerprint density at radius 2 is 2.03 bits per heavy atom. The first kappa shape index (κ1) is 20.5. The van der Waals surface area contributed by atoms with Crippen LogP contribution in [0.5, 0.6) is 0 Å². The van der Waals surface area contributed by atoms with Crippen molar-refractivity contribution >= 4 is 28.4 Å². The standard InChI is InChI=1S/C25H26N2O3S/c1-16(23(28)19-12-11-17-6-4-7-18(17)14-19)31-25-26-22-10-3-2-9-21(22)24(29)27(25)15-20-8-5-13-30-20/h2-3,9-12,14,16,20H,4-8,13,15H2,1H3/t16-,20-/m1/s1. The molecule has 0 N–H and O–H groups in total. The summed E-state index contributed by atoms with van der Waals surface area (Å²) in [6.45, 7) is 3.10. The molecule has 0 spiro atoms. The lowest BCUT2D eigenvalue weighted by Crippen LogP contribution is -2.29. The van der Waals surface area contributed by atoms with Crippen LogP contribution in [0.2, 0.25) is 0 Å². The van der Waals surface area contributed by atoms with Crippen LogP contribution in [0.15, 0.2) is 52.4 Å². The number of benzene rings is 2. The summed E-state index contributed by atoms with van der Waals surface area (Å²) in [6.07, 6.45) is 5.27. The molecule has 2 aromatic carbocycles. The smallest absolute Gasteiger partial charge is 0.262 e. The summed E-state index contributed by atoms with van der Waals surface area (Å²) in [6, 6.07) is 13.5. The van der Waals surface area contributed by atoms with Gasteiger partial charge in [-0.15, -0.1) is 0 Å². The Labute approximate surface area is 185 Å². The summed E-state index contributed by atoms with van der Waals surface area (Å²) in [5.41, 5.74) is 3.99. The second-order valence-electron chi connectivity index (χ2n) is 8.42. The number of carbonyl (C=O) groups is 1. The highest BCUT2D eigenvalue weighted by Gasteiger charge is 2.24. The third kappa shape index (κ3) is 4.06. The average Bonchev–Trinajstić information content (AvgIpc) is 3.47. The Balaban J connectivity index is 1.46. The van der Waals surface area contributed by atoms with E-state index in [0.29, 0.717) is 22.6 Å². The van der Waals surface area contributed by atoms with E-state index >= 15 is 0 Å². The van der Waals surface area contributed by atoms with Crippen molar-refractivity contribution in [1.29, 1.82) is 0 Å². The zero-order valence-electron chi connectivity index (χ0n) is 17.7. The van der Waals surface area contributed by atoms with Gasteiger partial charge in [-0.2, -0.15) is 0 Å². The molecule has 0 unspecified atom stereocenters. The van der Waals surface area contributed by atoms with Crippen LogP contribution in [0.4, 0.5) is 0 Å². The van der Waals surface area contributed by atoms with Crippen molar-refractivity contribution in [3.05, 3.63) is 69.5 Å². The molecule has 1 aromatic heterocycles. The predicted octanol–water partition coefficient (Wildman–Crippen LogP) is 4.43. The Bertz CT molecular complexity index is 1200. The molecule has 160 valence electrons. The summed E-state index contributed by atoms with van der Waals surface area (Å²) < 4.78 is 7.48. The largest absolute Gasteiger partial charge is 0.376 e. The zero-order chi connectivity index (χ0) is 21.4. The molecule has 5 nitrogen and oxygen atoms in total. The number of fused-ring (bicyclic) bond motifs is 2. The topological polar surface area (TPSA) is 61.2 Å².